The fraction of sp³-hybridized carbons (Fsp3) is 0.379. The first-order valence-electron chi connectivity index (χ1n) is 12.5. The lowest BCUT2D eigenvalue weighted by atomic mass is 9.89. The molecule has 40 heavy (non-hydrogen) atoms. The maximum Gasteiger partial charge on any atom is 0.422 e. The molecule has 1 heterocycles. The van der Waals surface area contributed by atoms with Crippen molar-refractivity contribution >= 4 is 5.78 Å². The second kappa shape index (κ2) is 11.4. The first-order valence-corrected chi connectivity index (χ1v) is 12.5. The molecule has 3 aromatic rings. The molecule has 0 bridgehead atoms. The van der Waals surface area contributed by atoms with Gasteiger partial charge >= 0.3 is 6.18 Å². The number of ketones is 1. The summed E-state index contributed by atoms with van der Waals surface area (Å²) in [7, 11) is 2.65. The Kier molecular flexibility index (Phi) is 8.34. The van der Waals surface area contributed by atoms with Gasteiger partial charge in [-0.1, -0.05) is 0 Å². The average molecular weight is 566 g/mol. The lowest BCUT2D eigenvalue weighted by Gasteiger charge is -2.31. The Morgan fingerprint density at radius 2 is 1.68 bits per heavy atom. The number of alkyl halides is 4. The molecule has 6 nitrogen and oxygen atoms in total. The molecule has 214 valence electrons. The van der Waals surface area contributed by atoms with E-state index in [0.717, 1.165) is 12.1 Å². The highest BCUT2D eigenvalue weighted by Crippen LogP contribution is 2.44. The van der Waals surface area contributed by atoms with Gasteiger partial charge in [-0.15, -0.1) is 0 Å². The van der Waals surface area contributed by atoms with Gasteiger partial charge in [-0.25, -0.2) is 13.8 Å². The number of hydrogen-bond donors (Lipinski definition) is 1. The second-order valence-electron chi connectivity index (χ2n) is 9.67. The smallest absolute Gasteiger partial charge is 0.422 e. The summed E-state index contributed by atoms with van der Waals surface area (Å²) in [5.41, 5.74) is -3.65. The third kappa shape index (κ3) is 5.89. The van der Waals surface area contributed by atoms with Gasteiger partial charge in [0.25, 0.3) is 0 Å². The van der Waals surface area contributed by atoms with E-state index < -0.39 is 48.1 Å². The van der Waals surface area contributed by atoms with Crippen LogP contribution in [0.5, 0.6) is 17.2 Å². The number of ether oxygens (including phenoxy) is 3. The van der Waals surface area contributed by atoms with E-state index in [-0.39, 0.29) is 58.6 Å². The molecule has 1 N–H and O–H groups in total. The van der Waals surface area contributed by atoms with Gasteiger partial charge in [0.05, 0.1) is 19.9 Å². The lowest BCUT2D eigenvalue weighted by Crippen LogP contribution is -2.43. The van der Waals surface area contributed by atoms with Crippen LogP contribution in [0.25, 0.3) is 11.3 Å². The molecule has 1 aromatic heterocycles. The Morgan fingerprint density at radius 1 is 1.00 bits per heavy atom. The molecule has 0 amide bonds. The molecule has 1 fully saturated rings. The number of nitrogens with zero attached hydrogens (tertiary/aromatic N) is 1. The predicted octanol–water partition coefficient (Wildman–Crippen LogP) is 6.51. The first-order chi connectivity index (χ1) is 18.9. The van der Waals surface area contributed by atoms with Crippen molar-refractivity contribution in [3.63, 3.8) is 0 Å². The fourth-order valence-corrected chi connectivity index (χ4v) is 4.41. The Balaban J connectivity index is 1.59. The third-order valence-corrected chi connectivity index (χ3v) is 6.93. The molecule has 1 aliphatic rings. The van der Waals surface area contributed by atoms with Crippen molar-refractivity contribution in [2.75, 3.05) is 14.2 Å². The number of Topliss-reactive ketones (excluding diaryl/α,β-unsaturated/α-hetero) is 1. The number of hydrogen-bond acceptors (Lipinski definition) is 6. The van der Waals surface area contributed by atoms with E-state index in [1.54, 1.807) is 0 Å². The maximum absolute atomic E-state index is 14.3. The standard InChI is InChI=1S/C29H28F5NO5/c1-16-12-18(4-6-21(16)31)27-24(38-2)8-9-26(35-27)28(37,29(32,33)34)11-10-22(36)17-5-7-23(25(13-17)39-3)40-20-14-19(30)15-20/h4-9,12-13,19-20,37H,10-11,14-15H2,1-3H3. The van der Waals surface area contributed by atoms with Gasteiger partial charge in [-0.2, -0.15) is 13.2 Å². The predicted molar refractivity (Wildman–Crippen MR) is 136 cm³/mol. The van der Waals surface area contributed by atoms with E-state index in [2.05, 4.69) is 4.98 Å². The minimum Gasteiger partial charge on any atom is -0.494 e. The number of methoxy groups -OCH3 is 2. The molecule has 1 unspecified atom stereocenters. The Bertz CT molecular complexity index is 1390. The average Bonchev–Trinajstić information content (AvgIpc) is 2.91. The SMILES string of the molecule is COc1cc(C(=O)CCC(O)(c2ccc(OC)c(-c3ccc(F)c(C)c3)n2)C(F)(F)F)ccc1OC1CC(F)C1. The van der Waals surface area contributed by atoms with Crippen LogP contribution in [0.1, 0.15) is 47.3 Å². The van der Waals surface area contributed by atoms with Gasteiger partial charge in [0.1, 0.15) is 29.5 Å². The monoisotopic (exact) mass is 565 g/mol. The van der Waals surface area contributed by atoms with Crippen molar-refractivity contribution < 1.29 is 46.1 Å². The van der Waals surface area contributed by atoms with Crippen LogP contribution in [0.4, 0.5) is 22.0 Å². The summed E-state index contributed by atoms with van der Waals surface area (Å²) >= 11 is 0. The van der Waals surface area contributed by atoms with Gasteiger partial charge < -0.3 is 19.3 Å². The topological polar surface area (TPSA) is 77.9 Å². The molecule has 1 saturated carbocycles. The number of aliphatic hydroxyl groups is 1. The summed E-state index contributed by atoms with van der Waals surface area (Å²) in [6.07, 6.45) is -7.66. The van der Waals surface area contributed by atoms with E-state index in [4.69, 9.17) is 14.2 Å². The van der Waals surface area contributed by atoms with Gasteiger partial charge in [0, 0.05) is 30.4 Å². The van der Waals surface area contributed by atoms with Crippen LogP contribution in [-0.2, 0) is 5.60 Å². The highest BCUT2D eigenvalue weighted by molar-refractivity contribution is 5.96. The van der Waals surface area contributed by atoms with Gasteiger partial charge in [0.15, 0.2) is 17.3 Å². The molecule has 0 spiro atoms. The van der Waals surface area contributed by atoms with Crippen LogP contribution in [-0.4, -0.2) is 48.5 Å². The van der Waals surface area contributed by atoms with Crippen LogP contribution < -0.4 is 14.2 Å². The number of halogens is 5. The molecule has 1 atom stereocenters. The van der Waals surface area contributed by atoms with E-state index in [1.807, 2.05) is 0 Å². The molecular weight excluding hydrogens is 537 g/mol. The molecule has 2 aromatic carbocycles. The fourth-order valence-electron chi connectivity index (χ4n) is 4.41. The van der Waals surface area contributed by atoms with Crippen LogP contribution in [0.15, 0.2) is 48.5 Å². The first kappa shape index (κ1) is 29.3. The minimum atomic E-state index is -5.18. The van der Waals surface area contributed by atoms with Gasteiger partial charge in [-0.3, -0.25) is 4.79 Å². The minimum absolute atomic E-state index is 0.0250. The highest BCUT2D eigenvalue weighted by Gasteiger charge is 2.56. The lowest BCUT2D eigenvalue weighted by molar-refractivity contribution is -0.270. The summed E-state index contributed by atoms with van der Waals surface area (Å²) in [6.45, 7) is 1.49. The van der Waals surface area contributed by atoms with E-state index in [0.29, 0.717) is 0 Å². The zero-order chi connectivity index (χ0) is 29.2. The molecule has 0 aliphatic heterocycles. The molecule has 4 rings (SSSR count). The van der Waals surface area contributed by atoms with Gasteiger partial charge in [-0.05, 0) is 67.4 Å². The highest BCUT2D eigenvalue weighted by atomic mass is 19.4. The Morgan fingerprint density at radius 3 is 2.27 bits per heavy atom. The normalized spacial score (nSPS) is 18.4. The van der Waals surface area contributed by atoms with Crippen LogP contribution in [0.3, 0.4) is 0 Å². The summed E-state index contributed by atoms with van der Waals surface area (Å²) in [6, 6.07) is 10.3. The number of carbonyl (C=O) groups excluding carboxylic acids is 1. The van der Waals surface area contributed by atoms with Crippen molar-refractivity contribution in [1.82, 2.24) is 4.98 Å². The van der Waals surface area contributed by atoms with E-state index >= 15 is 0 Å². The maximum atomic E-state index is 14.3. The number of rotatable bonds is 10. The van der Waals surface area contributed by atoms with Crippen molar-refractivity contribution in [2.45, 2.75) is 56.7 Å². The molecule has 11 heteroatoms. The van der Waals surface area contributed by atoms with Crippen molar-refractivity contribution in [2.24, 2.45) is 0 Å². The zero-order valence-corrected chi connectivity index (χ0v) is 22.0. The molecule has 1 aliphatic carbocycles. The Labute approximate surface area is 227 Å². The molecular formula is C29H28F5NO5. The number of carbonyl (C=O) groups is 1. The zero-order valence-electron chi connectivity index (χ0n) is 22.0. The molecule has 0 radical (unpaired) electrons. The van der Waals surface area contributed by atoms with E-state index in [1.165, 1.54) is 57.5 Å². The van der Waals surface area contributed by atoms with E-state index in [9.17, 15) is 31.9 Å². The van der Waals surface area contributed by atoms with Crippen molar-refractivity contribution in [3.8, 4) is 28.5 Å². The summed E-state index contributed by atoms with van der Waals surface area (Å²) < 4.78 is 85.9. The van der Waals surface area contributed by atoms with Crippen molar-refractivity contribution in [3.05, 3.63) is 71.2 Å². The quantitative estimate of drug-likeness (QED) is 0.223. The van der Waals surface area contributed by atoms with Crippen molar-refractivity contribution in [1.29, 1.82) is 0 Å². The van der Waals surface area contributed by atoms with Crippen LogP contribution in [0, 0.1) is 12.7 Å². The van der Waals surface area contributed by atoms with Crippen LogP contribution >= 0.6 is 0 Å². The number of benzene rings is 2. The largest absolute Gasteiger partial charge is 0.494 e. The number of aromatic nitrogens is 1. The third-order valence-electron chi connectivity index (χ3n) is 6.93. The second-order valence-corrected chi connectivity index (χ2v) is 9.67. The summed E-state index contributed by atoms with van der Waals surface area (Å²) in [5, 5.41) is 10.9. The Hall–Kier alpha value is -3.73. The summed E-state index contributed by atoms with van der Waals surface area (Å²) in [5.74, 6) is -0.600. The number of pyridine rings is 1. The summed E-state index contributed by atoms with van der Waals surface area (Å²) in [4.78, 5) is 17.0. The molecule has 0 saturated heterocycles. The number of aryl methyl sites for hydroxylation is 1. The van der Waals surface area contributed by atoms with Gasteiger partial charge in [0.2, 0.25) is 5.60 Å². The van der Waals surface area contributed by atoms with Crippen LogP contribution in [0.2, 0.25) is 0 Å².